The van der Waals surface area contributed by atoms with Crippen LogP contribution in [0.25, 0.3) is 0 Å². The van der Waals surface area contributed by atoms with Crippen LogP contribution in [0.1, 0.15) is 65.7 Å². The number of aliphatic hydroxyl groups is 1. The SMILES string of the molecule is CCCC1CCC(O)(C(C)CC)CC1. The van der Waals surface area contributed by atoms with Gasteiger partial charge in [-0.15, -0.1) is 0 Å². The molecule has 0 aromatic heterocycles. The average Bonchev–Trinajstić information content (AvgIpc) is 2.21. The topological polar surface area (TPSA) is 20.2 Å². The Bertz CT molecular complexity index is 157. The molecule has 1 nitrogen and oxygen atoms in total. The minimum atomic E-state index is -0.334. The maximum atomic E-state index is 10.4. The van der Waals surface area contributed by atoms with Crippen molar-refractivity contribution >= 4 is 0 Å². The minimum absolute atomic E-state index is 0.334. The van der Waals surface area contributed by atoms with Gasteiger partial charge in [-0.25, -0.2) is 0 Å². The predicted molar refractivity (Wildman–Crippen MR) is 61.3 cm³/mol. The lowest BCUT2D eigenvalue weighted by Gasteiger charge is -2.40. The molecule has 1 unspecified atom stereocenters. The van der Waals surface area contributed by atoms with E-state index in [0.717, 1.165) is 25.2 Å². The second-order valence-electron chi connectivity index (χ2n) is 5.14. The van der Waals surface area contributed by atoms with E-state index in [1.165, 1.54) is 25.7 Å². The number of rotatable bonds is 4. The summed E-state index contributed by atoms with van der Waals surface area (Å²) >= 11 is 0. The van der Waals surface area contributed by atoms with Crippen LogP contribution in [0.4, 0.5) is 0 Å². The molecule has 0 spiro atoms. The molecule has 0 aromatic carbocycles. The third kappa shape index (κ3) is 2.73. The highest BCUT2D eigenvalue weighted by molar-refractivity contribution is 4.88. The zero-order valence-electron chi connectivity index (χ0n) is 10.1. The summed E-state index contributed by atoms with van der Waals surface area (Å²) in [6, 6.07) is 0. The Kier molecular flexibility index (Phi) is 4.43. The van der Waals surface area contributed by atoms with Gasteiger partial charge in [0.05, 0.1) is 5.60 Å². The minimum Gasteiger partial charge on any atom is -0.390 e. The van der Waals surface area contributed by atoms with Crippen molar-refractivity contribution in [1.29, 1.82) is 0 Å². The lowest BCUT2D eigenvalue weighted by Crippen LogP contribution is -2.40. The highest BCUT2D eigenvalue weighted by Gasteiger charge is 2.36. The van der Waals surface area contributed by atoms with E-state index >= 15 is 0 Å². The fraction of sp³-hybridized carbons (Fsp3) is 1.00. The molecular formula is C13H26O. The molecule has 0 aliphatic heterocycles. The summed E-state index contributed by atoms with van der Waals surface area (Å²) < 4.78 is 0. The fourth-order valence-corrected chi connectivity index (χ4v) is 2.75. The van der Waals surface area contributed by atoms with Gasteiger partial charge in [-0.2, -0.15) is 0 Å². The molecule has 1 heteroatoms. The highest BCUT2D eigenvalue weighted by atomic mass is 16.3. The highest BCUT2D eigenvalue weighted by Crippen LogP contribution is 2.39. The van der Waals surface area contributed by atoms with E-state index in [2.05, 4.69) is 20.8 Å². The number of hydrogen-bond acceptors (Lipinski definition) is 1. The van der Waals surface area contributed by atoms with Gasteiger partial charge in [0.25, 0.3) is 0 Å². The van der Waals surface area contributed by atoms with Gasteiger partial charge >= 0.3 is 0 Å². The van der Waals surface area contributed by atoms with E-state index in [0.29, 0.717) is 5.92 Å². The van der Waals surface area contributed by atoms with Gasteiger partial charge in [-0.1, -0.05) is 40.0 Å². The van der Waals surface area contributed by atoms with Gasteiger partial charge in [0.2, 0.25) is 0 Å². The molecule has 0 radical (unpaired) electrons. The first-order chi connectivity index (χ1) is 6.62. The summed E-state index contributed by atoms with van der Waals surface area (Å²) in [4.78, 5) is 0. The third-order valence-corrected chi connectivity index (χ3v) is 4.20. The van der Waals surface area contributed by atoms with Crippen LogP contribution in [0.3, 0.4) is 0 Å². The molecule has 1 atom stereocenters. The molecule has 14 heavy (non-hydrogen) atoms. The molecule has 0 aromatic rings. The lowest BCUT2D eigenvalue weighted by atomic mass is 9.71. The van der Waals surface area contributed by atoms with Crippen molar-refractivity contribution in [2.45, 2.75) is 71.3 Å². The van der Waals surface area contributed by atoms with Crippen LogP contribution in [-0.4, -0.2) is 10.7 Å². The average molecular weight is 198 g/mol. The Balaban J connectivity index is 2.40. The van der Waals surface area contributed by atoms with E-state index in [-0.39, 0.29) is 5.60 Å². The maximum absolute atomic E-state index is 10.4. The van der Waals surface area contributed by atoms with E-state index < -0.39 is 0 Å². The maximum Gasteiger partial charge on any atom is 0.0673 e. The lowest BCUT2D eigenvalue weighted by molar-refractivity contribution is -0.0553. The Morgan fingerprint density at radius 2 is 1.86 bits per heavy atom. The molecule has 1 rings (SSSR count). The molecule has 1 aliphatic rings. The molecule has 0 saturated heterocycles. The van der Waals surface area contributed by atoms with Crippen molar-refractivity contribution in [2.24, 2.45) is 11.8 Å². The molecule has 1 saturated carbocycles. The van der Waals surface area contributed by atoms with Crippen LogP contribution < -0.4 is 0 Å². The fourth-order valence-electron chi connectivity index (χ4n) is 2.75. The largest absolute Gasteiger partial charge is 0.390 e. The molecule has 1 aliphatic carbocycles. The quantitative estimate of drug-likeness (QED) is 0.729. The molecular weight excluding hydrogens is 172 g/mol. The monoisotopic (exact) mass is 198 g/mol. The molecule has 0 amide bonds. The van der Waals surface area contributed by atoms with Crippen molar-refractivity contribution < 1.29 is 5.11 Å². The molecule has 1 fully saturated rings. The number of hydrogen-bond donors (Lipinski definition) is 1. The van der Waals surface area contributed by atoms with Gasteiger partial charge in [-0.05, 0) is 37.5 Å². The van der Waals surface area contributed by atoms with Crippen LogP contribution in [-0.2, 0) is 0 Å². The van der Waals surface area contributed by atoms with E-state index in [1.807, 2.05) is 0 Å². The molecule has 84 valence electrons. The van der Waals surface area contributed by atoms with Crippen LogP contribution in [0, 0.1) is 11.8 Å². The second kappa shape index (κ2) is 5.16. The van der Waals surface area contributed by atoms with Gasteiger partial charge in [-0.3, -0.25) is 0 Å². The van der Waals surface area contributed by atoms with Crippen molar-refractivity contribution in [3.8, 4) is 0 Å². The normalized spacial score (nSPS) is 35.6. The molecule has 0 bridgehead atoms. The van der Waals surface area contributed by atoms with Crippen LogP contribution in [0.2, 0.25) is 0 Å². The zero-order chi connectivity index (χ0) is 10.6. The van der Waals surface area contributed by atoms with Gasteiger partial charge in [0.15, 0.2) is 0 Å². The van der Waals surface area contributed by atoms with Gasteiger partial charge < -0.3 is 5.11 Å². The van der Waals surface area contributed by atoms with E-state index in [9.17, 15) is 5.11 Å². The predicted octanol–water partition coefficient (Wildman–Crippen LogP) is 3.75. The summed E-state index contributed by atoms with van der Waals surface area (Å²) in [5.74, 6) is 1.37. The van der Waals surface area contributed by atoms with Crippen LogP contribution in [0.15, 0.2) is 0 Å². The molecule has 0 heterocycles. The van der Waals surface area contributed by atoms with E-state index in [1.54, 1.807) is 0 Å². The Labute approximate surface area is 88.9 Å². The van der Waals surface area contributed by atoms with Crippen molar-refractivity contribution in [1.82, 2.24) is 0 Å². The smallest absolute Gasteiger partial charge is 0.0673 e. The summed E-state index contributed by atoms with van der Waals surface area (Å²) in [6.07, 6.45) is 8.32. The van der Waals surface area contributed by atoms with Crippen LogP contribution >= 0.6 is 0 Å². The second-order valence-corrected chi connectivity index (χ2v) is 5.14. The van der Waals surface area contributed by atoms with Gasteiger partial charge in [0.1, 0.15) is 0 Å². The first-order valence-electron chi connectivity index (χ1n) is 6.34. The Morgan fingerprint density at radius 3 is 2.29 bits per heavy atom. The molecule has 1 N–H and O–H groups in total. The van der Waals surface area contributed by atoms with Crippen molar-refractivity contribution in [2.75, 3.05) is 0 Å². The third-order valence-electron chi connectivity index (χ3n) is 4.20. The zero-order valence-corrected chi connectivity index (χ0v) is 10.1. The van der Waals surface area contributed by atoms with Gasteiger partial charge in [0, 0.05) is 0 Å². The summed E-state index contributed by atoms with van der Waals surface area (Å²) in [6.45, 7) is 6.64. The van der Waals surface area contributed by atoms with E-state index in [4.69, 9.17) is 0 Å². The summed E-state index contributed by atoms with van der Waals surface area (Å²) in [5.41, 5.74) is -0.334. The Hall–Kier alpha value is -0.0400. The van der Waals surface area contributed by atoms with Crippen LogP contribution in [0.5, 0.6) is 0 Å². The first kappa shape index (κ1) is 12.0. The van der Waals surface area contributed by atoms with Crippen molar-refractivity contribution in [3.05, 3.63) is 0 Å². The standard InChI is InChI=1S/C13H26O/c1-4-6-12-7-9-13(14,10-8-12)11(3)5-2/h11-12,14H,4-10H2,1-3H3. The Morgan fingerprint density at radius 1 is 1.29 bits per heavy atom. The van der Waals surface area contributed by atoms with Crippen molar-refractivity contribution in [3.63, 3.8) is 0 Å². The summed E-state index contributed by atoms with van der Waals surface area (Å²) in [5, 5.41) is 10.4. The first-order valence-corrected chi connectivity index (χ1v) is 6.34. The summed E-state index contributed by atoms with van der Waals surface area (Å²) in [7, 11) is 0.